The summed E-state index contributed by atoms with van der Waals surface area (Å²) in [6.07, 6.45) is 1.59. The predicted molar refractivity (Wildman–Crippen MR) is 128 cm³/mol. The fraction of sp³-hybridized carbons (Fsp3) is 0.632. The van der Waals surface area contributed by atoms with Gasteiger partial charge in [0.2, 0.25) is 10.0 Å². The Morgan fingerprint density at radius 2 is 2.07 bits per heavy atom. The van der Waals surface area contributed by atoms with Crippen molar-refractivity contribution in [1.82, 2.24) is 14.9 Å². The summed E-state index contributed by atoms with van der Waals surface area (Å²) in [6.45, 7) is 9.40. The Balaban J connectivity index is 0.00000392. The number of halogens is 2. The van der Waals surface area contributed by atoms with Crippen LogP contribution in [0.4, 0.5) is 0 Å². The SMILES string of the molecule is CCNC(=NCC(C)(C)Cc1cccc(Cl)c1)NCCN1CCCS1(=O)=O.I. The van der Waals surface area contributed by atoms with Crippen LogP contribution >= 0.6 is 35.6 Å². The molecule has 0 saturated carbocycles. The Morgan fingerprint density at radius 1 is 1.32 bits per heavy atom. The Hall–Kier alpha value is -0.580. The van der Waals surface area contributed by atoms with E-state index < -0.39 is 10.0 Å². The molecular weight excluding hydrogens is 511 g/mol. The number of rotatable bonds is 8. The lowest BCUT2D eigenvalue weighted by Crippen LogP contribution is -2.42. The zero-order chi connectivity index (χ0) is 19.9. The summed E-state index contributed by atoms with van der Waals surface area (Å²) in [5.41, 5.74) is 1.17. The molecule has 0 spiro atoms. The molecule has 0 radical (unpaired) electrons. The van der Waals surface area contributed by atoms with Crippen molar-refractivity contribution in [3.63, 3.8) is 0 Å². The van der Waals surface area contributed by atoms with Gasteiger partial charge in [-0.25, -0.2) is 12.7 Å². The molecule has 6 nitrogen and oxygen atoms in total. The number of benzene rings is 1. The van der Waals surface area contributed by atoms with Crippen molar-refractivity contribution in [3.05, 3.63) is 34.9 Å². The van der Waals surface area contributed by atoms with E-state index >= 15 is 0 Å². The number of sulfonamides is 1. The van der Waals surface area contributed by atoms with Gasteiger partial charge in [0, 0.05) is 37.7 Å². The van der Waals surface area contributed by atoms with Crippen molar-refractivity contribution in [1.29, 1.82) is 0 Å². The maximum absolute atomic E-state index is 11.9. The number of aliphatic imine (C=N–C) groups is 1. The van der Waals surface area contributed by atoms with Crippen LogP contribution in [-0.4, -0.2) is 57.2 Å². The standard InChI is InChI=1S/C19H31ClN4O2S.HI/c1-4-21-18(22-9-11-24-10-6-12-27(24,25)26)23-15-19(2,3)14-16-7-5-8-17(20)13-16;/h5,7-8,13H,4,6,9-12,14-15H2,1-3H3,(H2,21,22,23);1H. The molecule has 9 heteroatoms. The normalized spacial score (nSPS) is 17.2. The molecule has 28 heavy (non-hydrogen) atoms. The molecular formula is C19H32ClIN4O2S. The van der Waals surface area contributed by atoms with Crippen molar-refractivity contribution >= 4 is 51.6 Å². The van der Waals surface area contributed by atoms with Gasteiger partial charge in [-0.1, -0.05) is 37.6 Å². The first-order chi connectivity index (χ1) is 12.7. The first kappa shape index (κ1) is 25.5. The molecule has 1 fully saturated rings. The summed E-state index contributed by atoms with van der Waals surface area (Å²) in [5, 5.41) is 7.22. The van der Waals surface area contributed by atoms with E-state index in [0.717, 1.165) is 18.0 Å². The highest BCUT2D eigenvalue weighted by Gasteiger charge is 2.27. The minimum atomic E-state index is -3.05. The van der Waals surface area contributed by atoms with Crippen LogP contribution in [0.15, 0.2) is 29.3 Å². The third-order valence-corrected chi connectivity index (χ3v) is 6.63. The molecule has 0 bridgehead atoms. The zero-order valence-electron chi connectivity index (χ0n) is 16.9. The summed E-state index contributed by atoms with van der Waals surface area (Å²) < 4.78 is 25.3. The Kier molecular flexibility index (Phi) is 10.5. The van der Waals surface area contributed by atoms with Crippen molar-refractivity contribution in [3.8, 4) is 0 Å². The summed E-state index contributed by atoms with van der Waals surface area (Å²) in [6, 6.07) is 7.92. The van der Waals surface area contributed by atoms with E-state index in [2.05, 4.69) is 30.5 Å². The van der Waals surface area contributed by atoms with E-state index in [-0.39, 0.29) is 35.1 Å². The molecule has 1 aliphatic heterocycles. The molecule has 0 unspecified atom stereocenters. The van der Waals surface area contributed by atoms with Crippen molar-refractivity contribution in [2.24, 2.45) is 10.4 Å². The van der Waals surface area contributed by atoms with Gasteiger partial charge in [-0.3, -0.25) is 4.99 Å². The lowest BCUT2D eigenvalue weighted by molar-refractivity contribution is 0.376. The van der Waals surface area contributed by atoms with Gasteiger partial charge in [0.1, 0.15) is 0 Å². The van der Waals surface area contributed by atoms with Gasteiger partial charge in [-0.2, -0.15) is 0 Å². The fourth-order valence-electron chi connectivity index (χ4n) is 3.13. The minimum Gasteiger partial charge on any atom is -0.357 e. The third kappa shape index (κ3) is 8.42. The zero-order valence-corrected chi connectivity index (χ0v) is 20.8. The smallest absolute Gasteiger partial charge is 0.214 e. The summed E-state index contributed by atoms with van der Waals surface area (Å²) in [4.78, 5) is 4.70. The number of hydrogen-bond donors (Lipinski definition) is 2. The van der Waals surface area contributed by atoms with Crippen LogP contribution in [-0.2, 0) is 16.4 Å². The molecule has 2 rings (SSSR count). The number of nitrogens with one attached hydrogen (secondary N) is 2. The first-order valence-corrected chi connectivity index (χ1v) is 11.4. The summed E-state index contributed by atoms with van der Waals surface area (Å²) in [5.74, 6) is 0.979. The Morgan fingerprint density at radius 3 is 2.68 bits per heavy atom. The van der Waals surface area contributed by atoms with Gasteiger partial charge in [-0.05, 0) is 42.9 Å². The van der Waals surface area contributed by atoms with Crippen LogP contribution < -0.4 is 10.6 Å². The van der Waals surface area contributed by atoms with Gasteiger partial charge < -0.3 is 10.6 Å². The van der Waals surface area contributed by atoms with Crippen LogP contribution in [0, 0.1) is 5.41 Å². The van der Waals surface area contributed by atoms with Gasteiger partial charge in [-0.15, -0.1) is 24.0 Å². The molecule has 1 aromatic carbocycles. The van der Waals surface area contributed by atoms with Crippen LogP contribution in [0.5, 0.6) is 0 Å². The average molecular weight is 543 g/mol. The minimum absolute atomic E-state index is 0. The Labute approximate surface area is 191 Å². The van der Waals surface area contributed by atoms with Crippen molar-refractivity contribution in [2.45, 2.75) is 33.6 Å². The van der Waals surface area contributed by atoms with Crippen molar-refractivity contribution in [2.75, 3.05) is 38.5 Å². The largest absolute Gasteiger partial charge is 0.357 e. The predicted octanol–water partition coefficient (Wildman–Crippen LogP) is 3.12. The maximum Gasteiger partial charge on any atom is 0.214 e. The van der Waals surface area contributed by atoms with Crippen LogP contribution in [0.2, 0.25) is 5.02 Å². The average Bonchev–Trinajstić information content (AvgIpc) is 2.91. The maximum atomic E-state index is 11.9. The number of guanidine groups is 1. The van der Waals surface area contributed by atoms with Crippen LogP contribution in [0.3, 0.4) is 0 Å². The molecule has 1 aromatic rings. The summed E-state index contributed by atoms with van der Waals surface area (Å²) >= 11 is 6.08. The molecule has 1 heterocycles. The molecule has 2 N–H and O–H groups in total. The van der Waals surface area contributed by atoms with Gasteiger partial charge in [0.25, 0.3) is 0 Å². The van der Waals surface area contributed by atoms with E-state index in [9.17, 15) is 8.42 Å². The lowest BCUT2D eigenvalue weighted by Gasteiger charge is -2.24. The summed E-state index contributed by atoms with van der Waals surface area (Å²) in [7, 11) is -3.05. The van der Waals surface area contributed by atoms with Crippen LogP contribution in [0.1, 0.15) is 32.8 Å². The van der Waals surface area contributed by atoms with Crippen molar-refractivity contribution < 1.29 is 8.42 Å². The van der Waals surface area contributed by atoms with E-state index in [0.29, 0.717) is 38.6 Å². The molecule has 0 amide bonds. The first-order valence-electron chi connectivity index (χ1n) is 9.46. The van der Waals surface area contributed by atoms with Crippen LogP contribution in [0.25, 0.3) is 0 Å². The monoisotopic (exact) mass is 542 g/mol. The van der Waals surface area contributed by atoms with Gasteiger partial charge in [0.15, 0.2) is 5.96 Å². The second-order valence-corrected chi connectivity index (χ2v) is 10.2. The highest BCUT2D eigenvalue weighted by atomic mass is 127. The topological polar surface area (TPSA) is 73.8 Å². The Bertz CT molecular complexity index is 756. The highest BCUT2D eigenvalue weighted by molar-refractivity contribution is 14.0. The third-order valence-electron chi connectivity index (χ3n) is 4.44. The lowest BCUT2D eigenvalue weighted by atomic mass is 9.86. The number of nitrogens with zero attached hydrogens (tertiary/aromatic N) is 2. The second kappa shape index (κ2) is 11.6. The highest BCUT2D eigenvalue weighted by Crippen LogP contribution is 2.24. The van der Waals surface area contributed by atoms with E-state index in [1.807, 2.05) is 25.1 Å². The quantitative estimate of drug-likeness (QED) is 0.301. The second-order valence-electron chi connectivity index (χ2n) is 7.66. The molecule has 0 aromatic heterocycles. The molecule has 1 saturated heterocycles. The van der Waals surface area contributed by atoms with Gasteiger partial charge >= 0.3 is 0 Å². The van der Waals surface area contributed by atoms with E-state index in [1.54, 1.807) is 4.31 Å². The van der Waals surface area contributed by atoms with E-state index in [4.69, 9.17) is 16.6 Å². The molecule has 0 aliphatic carbocycles. The van der Waals surface area contributed by atoms with Gasteiger partial charge in [0.05, 0.1) is 5.75 Å². The number of hydrogen-bond acceptors (Lipinski definition) is 3. The van der Waals surface area contributed by atoms with E-state index in [1.165, 1.54) is 5.56 Å². The molecule has 1 aliphatic rings. The molecule has 160 valence electrons. The fourth-order valence-corrected chi connectivity index (χ4v) is 4.87. The molecule has 0 atom stereocenters.